The zero-order valence-electron chi connectivity index (χ0n) is 9.28. The molecule has 0 spiro atoms. The van der Waals surface area contributed by atoms with E-state index in [1.807, 2.05) is 0 Å². The number of carboxylic acids is 2. The largest absolute Gasteiger partial charge is 0.480 e. The minimum absolute atomic E-state index is 0.105. The summed E-state index contributed by atoms with van der Waals surface area (Å²) in [5.74, 6) is -2.50. The Balaban J connectivity index is 3.19. The van der Waals surface area contributed by atoms with Gasteiger partial charge in [0.15, 0.2) is 0 Å². The number of rotatable bonds is 5. The normalized spacial score (nSPS) is 11.6. The van der Waals surface area contributed by atoms with Crippen LogP contribution in [0.5, 0.6) is 0 Å². The molecule has 1 aromatic rings. The van der Waals surface area contributed by atoms with Crippen molar-refractivity contribution in [3.63, 3.8) is 0 Å². The number of carbonyl (C=O) groups is 2. The summed E-state index contributed by atoms with van der Waals surface area (Å²) in [4.78, 5) is 31.4. The number of nitrogens with one attached hydrogen (secondary N) is 1. The average molecular weight is 254 g/mol. The third kappa shape index (κ3) is 2.94. The molecule has 0 bridgehead atoms. The molecule has 0 fully saturated rings. The monoisotopic (exact) mass is 254 g/mol. The lowest BCUT2D eigenvalue weighted by Crippen LogP contribution is -2.26. The molecule has 1 aromatic carbocycles. The molecule has 1 rings (SSSR count). The number of hydrogen-bond acceptors (Lipinski definition) is 5. The Morgan fingerprint density at radius 2 is 2.00 bits per heavy atom. The number of hydrogen-bond donors (Lipinski definition) is 3. The van der Waals surface area contributed by atoms with E-state index in [-0.39, 0.29) is 16.9 Å². The topological polar surface area (TPSA) is 130 Å². The molecule has 0 saturated heterocycles. The van der Waals surface area contributed by atoms with E-state index >= 15 is 0 Å². The summed E-state index contributed by atoms with van der Waals surface area (Å²) in [6.45, 7) is 1.30. The first kappa shape index (κ1) is 13.4. The third-order valence-corrected chi connectivity index (χ3v) is 2.19. The van der Waals surface area contributed by atoms with Gasteiger partial charge in [0.05, 0.1) is 16.2 Å². The fraction of sp³-hybridized carbons (Fsp3) is 0.200. The molecule has 96 valence electrons. The van der Waals surface area contributed by atoms with E-state index in [1.54, 1.807) is 0 Å². The van der Waals surface area contributed by atoms with Gasteiger partial charge in [-0.3, -0.25) is 14.9 Å². The quantitative estimate of drug-likeness (QED) is 0.531. The number of nitrogens with zero attached hydrogens (tertiary/aromatic N) is 1. The number of nitro benzene ring substituents is 1. The molecule has 1 unspecified atom stereocenters. The molecule has 0 amide bonds. The van der Waals surface area contributed by atoms with E-state index in [4.69, 9.17) is 10.2 Å². The predicted octanol–water partition coefficient (Wildman–Crippen LogP) is 1.18. The summed E-state index contributed by atoms with van der Waals surface area (Å²) in [7, 11) is 0. The van der Waals surface area contributed by atoms with E-state index < -0.39 is 22.9 Å². The van der Waals surface area contributed by atoms with Gasteiger partial charge in [-0.1, -0.05) is 0 Å². The number of anilines is 1. The first-order valence-electron chi connectivity index (χ1n) is 4.84. The molecule has 8 nitrogen and oxygen atoms in total. The SMILES string of the molecule is CC(Nc1cc([N+](=O)[O-])ccc1C(=O)O)C(=O)O. The van der Waals surface area contributed by atoms with E-state index in [9.17, 15) is 19.7 Å². The summed E-state index contributed by atoms with van der Waals surface area (Å²) in [6, 6.07) is 2.02. The number of aromatic carboxylic acids is 1. The Morgan fingerprint density at radius 1 is 1.39 bits per heavy atom. The van der Waals surface area contributed by atoms with Crippen LogP contribution in [0.1, 0.15) is 17.3 Å². The van der Waals surface area contributed by atoms with Crippen molar-refractivity contribution in [1.82, 2.24) is 0 Å². The Bertz CT molecular complexity index is 513. The predicted molar refractivity (Wildman–Crippen MR) is 60.8 cm³/mol. The van der Waals surface area contributed by atoms with Crippen LogP contribution in [0.2, 0.25) is 0 Å². The van der Waals surface area contributed by atoms with Crippen molar-refractivity contribution in [2.75, 3.05) is 5.32 Å². The molecule has 0 heterocycles. The molecule has 0 saturated carbocycles. The fourth-order valence-electron chi connectivity index (χ4n) is 1.25. The molecule has 1 atom stereocenters. The highest BCUT2D eigenvalue weighted by molar-refractivity contribution is 5.95. The first-order valence-corrected chi connectivity index (χ1v) is 4.84. The Hall–Kier alpha value is -2.64. The summed E-state index contributed by atoms with van der Waals surface area (Å²) < 4.78 is 0. The van der Waals surface area contributed by atoms with E-state index in [2.05, 4.69) is 5.32 Å². The summed E-state index contributed by atoms with van der Waals surface area (Å²) in [5, 5.41) is 30.6. The smallest absolute Gasteiger partial charge is 0.337 e. The minimum atomic E-state index is -1.30. The van der Waals surface area contributed by atoms with Gasteiger partial charge >= 0.3 is 11.9 Å². The maximum atomic E-state index is 10.9. The molecule has 0 aliphatic rings. The molecule has 18 heavy (non-hydrogen) atoms. The van der Waals surface area contributed by atoms with Crippen LogP contribution in [0, 0.1) is 10.1 Å². The van der Waals surface area contributed by atoms with Gasteiger partial charge in [0.1, 0.15) is 6.04 Å². The van der Waals surface area contributed by atoms with Crippen molar-refractivity contribution < 1.29 is 24.7 Å². The molecule has 0 aliphatic carbocycles. The molecule has 3 N–H and O–H groups in total. The standard InChI is InChI=1S/C10H10N2O6/c1-5(9(13)14)11-8-4-6(12(17)18)2-3-7(8)10(15)16/h2-5,11H,1H3,(H,13,14)(H,15,16). The number of nitro groups is 1. The van der Waals surface area contributed by atoms with Gasteiger partial charge in [-0.2, -0.15) is 0 Å². The number of carboxylic acid groups (broad SMARTS) is 2. The van der Waals surface area contributed by atoms with Crippen molar-refractivity contribution in [3.8, 4) is 0 Å². The lowest BCUT2D eigenvalue weighted by molar-refractivity contribution is -0.384. The summed E-state index contributed by atoms with van der Waals surface area (Å²) in [5.41, 5.74) is -0.652. The second-order valence-corrected chi connectivity index (χ2v) is 3.50. The van der Waals surface area contributed by atoms with Gasteiger partial charge in [-0.05, 0) is 13.0 Å². The minimum Gasteiger partial charge on any atom is -0.480 e. The van der Waals surface area contributed by atoms with Gasteiger partial charge in [-0.25, -0.2) is 4.79 Å². The third-order valence-electron chi connectivity index (χ3n) is 2.19. The number of aliphatic carboxylic acids is 1. The molecular formula is C10H10N2O6. The van der Waals surface area contributed by atoms with E-state index in [0.29, 0.717) is 0 Å². The van der Waals surface area contributed by atoms with Crippen LogP contribution in [0.25, 0.3) is 0 Å². The van der Waals surface area contributed by atoms with Crippen LogP contribution >= 0.6 is 0 Å². The molecule has 0 aromatic heterocycles. The lowest BCUT2D eigenvalue weighted by Gasteiger charge is -2.12. The van der Waals surface area contributed by atoms with Crippen LogP contribution in [-0.2, 0) is 4.79 Å². The summed E-state index contributed by atoms with van der Waals surface area (Å²) in [6.07, 6.45) is 0. The van der Waals surface area contributed by atoms with Gasteiger partial charge in [0, 0.05) is 12.1 Å². The second kappa shape index (κ2) is 5.13. The zero-order chi connectivity index (χ0) is 13.9. The van der Waals surface area contributed by atoms with Crippen LogP contribution in [0.4, 0.5) is 11.4 Å². The Morgan fingerprint density at radius 3 is 2.44 bits per heavy atom. The van der Waals surface area contributed by atoms with Crippen molar-refractivity contribution >= 4 is 23.3 Å². The number of benzene rings is 1. The Labute approximate surface area is 101 Å². The first-order chi connectivity index (χ1) is 8.32. The van der Waals surface area contributed by atoms with Crippen molar-refractivity contribution in [2.45, 2.75) is 13.0 Å². The van der Waals surface area contributed by atoms with E-state index in [0.717, 1.165) is 18.2 Å². The lowest BCUT2D eigenvalue weighted by atomic mass is 10.1. The highest BCUT2D eigenvalue weighted by Crippen LogP contribution is 2.23. The highest BCUT2D eigenvalue weighted by atomic mass is 16.6. The van der Waals surface area contributed by atoms with Crippen LogP contribution in [0.15, 0.2) is 18.2 Å². The maximum absolute atomic E-state index is 10.9. The van der Waals surface area contributed by atoms with Crippen molar-refractivity contribution in [2.24, 2.45) is 0 Å². The fourth-order valence-corrected chi connectivity index (χ4v) is 1.25. The second-order valence-electron chi connectivity index (χ2n) is 3.50. The van der Waals surface area contributed by atoms with E-state index in [1.165, 1.54) is 6.92 Å². The highest BCUT2D eigenvalue weighted by Gasteiger charge is 2.19. The van der Waals surface area contributed by atoms with Gasteiger partial charge in [0.25, 0.3) is 5.69 Å². The molecular weight excluding hydrogens is 244 g/mol. The zero-order valence-corrected chi connectivity index (χ0v) is 9.28. The van der Waals surface area contributed by atoms with Crippen LogP contribution in [0.3, 0.4) is 0 Å². The average Bonchev–Trinajstić information content (AvgIpc) is 2.28. The van der Waals surface area contributed by atoms with Crippen LogP contribution < -0.4 is 5.32 Å². The molecule has 8 heteroatoms. The van der Waals surface area contributed by atoms with Crippen molar-refractivity contribution in [3.05, 3.63) is 33.9 Å². The Kier molecular flexibility index (Phi) is 3.82. The van der Waals surface area contributed by atoms with Gasteiger partial charge < -0.3 is 15.5 Å². The maximum Gasteiger partial charge on any atom is 0.337 e. The summed E-state index contributed by atoms with van der Waals surface area (Å²) >= 11 is 0. The van der Waals surface area contributed by atoms with Crippen LogP contribution in [-0.4, -0.2) is 33.1 Å². The molecule has 0 aliphatic heterocycles. The van der Waals surface area contributed by atoms with Gasteiger partial charge in [-0.15, -0.1) is 0 Å². The number of non-ortho nitro benzene ring substituents is 1. The van der Waals surface area contributed by atoms with Crippen molar-refractivity contribution in [1.29, 1.82) is 0 Å². The van der Waals surface area contributed by atoms with Gasteiger partial charge in [0.2, 0.25) is 0 Å². The molecule has 0 radical (unpaired) electrons.